The van der Waals surface area contributed by atoms with Crippen molar-refractivity contribution < 1.29 is 5.11 Å². The fraction of sp³-hybridized carbons (Fsp3) is 0.667. The van der Waals surface area contributed by atoms with Gasteiger partial charge in [-0.05, 0) is 48.6 Å². The average Bonchev–Trinajstić information content (AvgIpc) is 3.06. The van der Waals surface area contributed by atoms with Crippen LogP contribution in [0.3, 0.4) is 0 Å². The van der Waals surface area contributed by atoms with Crippen LogP contribution in [0.5, 0.6) is 0 Å². The van der Waals surface area contributed by atoms with Crippen molar-refractivity contribution in [3.8, 4) is 0 Å². The van der Waals surface area contributed by atoms with E-state index in [1.165, 1.54) is 19.3 Å². The minimum atomic E-state index is -0.904. The highest BCUT2D eigenvalue weighted by atomic mass is 32.1. The molecule has 1 fully saturated rings. The van der Waals surface area contributed by atoms with Gasteiger partial charge in [-0.15, -0.1) is 0 Å². The van der Waals surface area contributed by atoms with Gasteiger partial charge in [-0.1, -0.05) is 12.8 Å². The second kappa shape index (κ2) is 7.09. The topological polar surface area (TPSA) is 56.7 Å². The molecule has 1 aliphatic rings. The molecule has 1 aromatic heterocycles. The summed E-state index contributed by atoms with van der Waals surface area (Å²) < 4.78 is 0. The molecular weight excluding hydrogens is 270 g/mol. The second-order valence-electron chi connectivity index (χ2n) is 5.64. The second-order valence-corrected chi connectivity index (χ2v) is 6.42. The van der Waals surface area contributed by atoms with E-state index in [1.54, 1.807) is 11.3 Å². The van der Waals surface area contributed by atoms with Crippen molar-refractivity contribution in [1.29, 1.82) is 0 Å². The zero-order chi connectivity index (χ0) is 14.4. The van der Waals surface area contributed by atoms with Crippen LogP contribution >= 0.6 is 11.3 Å². The normalized spacial score (nSPS) is 18.6. The van der Waals surface area contributed by atoms with Gasteiger partial charge in [0.2, 0.25) is 0 Å². The number of thiophene rings is 1. The van der Waals surface area contributed by atoms with Gasteiger partial charge in [0.25, 0.3) is 0 Å². The molecule has 3 N–H and O–H groups in total. The SMILES string of the molecule is CCNC(=NCC(C)(O)c1ccsc1)NCCC1CC1. The Balaban J connectivity index is 1.86. The molecule has 1 aliphatic carbocycles. The van der Waals surface area contributed by atoms with Crippen LogP contribution in [-0.2, 0) is 5.60 Å². The molecule has 0 spiro atoms. The molecular formula is C15H25N3OS. The predicted molar refractivity (Wildman–Crippen MR) is 85.2 cm³/mol. The molecule has 2 rings (SSSR count). The van der Waals surface area contributed by atoms with Gasteiger partial charge in [0, 0.05) is 13.1 Å². The van der Waals surface area contributed by atoms with Crippen LogP contribution < -0.4 is 10.6 Å². The van der Waals surface area contributed by atoms with Crippen molar-refractivity contribution in [3.05, 3.63) is 22.4 Å². The van der Waals surface area contributed by atoms with Gasteiger partial charge in [0.05, 0.1) is 6.54 Å². The fourth-order valence-corrected chi connectivity index (χ4v) is 2.82. The summed E-state index contributed by atoms with van der Waals surface area (Å²) in [7, 11) is 0. The van der Waals surface area contributed by atoms with Crippen LogP contribution in [-0.4, -0.2) is 30.7 Å². The van der Waals surface area contributed by atoms with E-state index >= 15 is 0 Å². The first-order valence-electron chi connectivity index (χ1n) is 7.39. The smallest absolute Gasteiger partial charge is 0.191 e. The summed E-state index contributed by atoms with van der Waals surface area (Å²) in [5.41, 5.74) is 0.0267. The highest BCUT2D eigenvalue weighted by Crippen LogP contribution is 2.31. The van der Waals surface area contributed by atoms with Gasteiger partial charge in [-0.25, -0.2) is 4.99 Å². The van der Waals surface area contributed by atoms with E-state index in [0.717, 1.165) is 30.5 Å². The Labute approximate surface area is 125 Å². The summed E-state index contributed by atoms with van der Waals surface area (Å²) in [4.78, 5) is 4.51. The van der Waals surface area contributed by atoms with Gasteiger partial charge in [0.1, 0.15) is 5.60 Å². The molecule has 0 saturated heterocycles. The van der Waals surface area contributed by atoms with E-state index in [0.29, 0.717) is 6.54 Å². The Morgan fingerprint density at radius 2 is 2.30 bits per heavy atom. The summed E-state index contributed by atoms with van der Waals surface area (Å²) in [5, 5.41) is 21.0. The number of nitrogens with zero attached hydrogens (tertiary/aromatic N) is 1. The monoisotopic (exact) mass is 295 g/mol. The zero-order valence-electron chi connectivity index (χ0n) is 12.4. The van der Waals surface area contributed by atoms with Crippen LogP contribution in [0.4, 0.5) is 0 Å². The van der Waals surface area contributed by atoms with E-state index in [-0.39, 0.29) is 0 Å². The number of hydrogen-bond acceptors (Lipinski definition) is 3. The van der Waals surface area contributed by atoms with Crippen molar-refractivity contribution in [1.82, 2.24) is 10.6 Å². The van der Waals surface area contributed by atoms with E-state index in [4.69, 9.17) is 0 Å². The van der Waals surface area contributed by atoms with Crippen molar-refractivity contribution >= 4 is 17.3 Å². The molecule has 5 heteroatoms. The third-order valence-electron chi connectivity index (χ3n) is 3.57. The summed E-state index contributed by atoms with van der Waals surface area (Å²) in [5.74, 6) is 1.71. The highest BCUT2D eigenvalue weighted by molar-refractivity contribution is 7.08. The molecule has 1 heterocycles. The molecule has 0 aromatic carbocycles. The number of rotatable bonds is 7. The molecule has 0 aliphatic heterocycles. The largest absolute Gasteiger partial charge is 0.383 e. The zero-order valence-corrected chi connectivity index (χ0v) is 13.2. The molecule has 112 valence electrons. The van der Waals surface area contributed by atoms with Crippen molar-refractivity contribution in [2.75, 3.05) is 19.6 Å². The van der Waals surface area contributed by atoms with Crippen molar-refractivity contribution in [3.63, 3.8) is 0 Å². The van der Waals surface area contributed by atoms with Crippen LogP contribution in [0.15, 0.2) is 21.8 Å². The van der Waals surface area contributed by atoms with Gasteiger partial charge in [-0.3, -0.25) is 0 Å². The van der Waals surface area contributed by atoms with Gasteiger partial charge < -0.3 is 15.7 Å². The number of aliphatic imine (C=N–C) groups is 1. The Bertz CT molecular complexity index is 424. The molecule has 1 saturated carbocycles. The standard InChI is InChI=1S/C15H25N3OS/c1-3-16-14(17-8-6-12-4-5-12)18-11-15(2,19)13-7-9-20-10-13/h7,9-10,12,19H,3-6,8,11H2,1-2H3,(H2,16,17,18). The molecule has 4 nitrogen and oxygen atoms in total. The predicted octanol–water partition coefficient (Wildman–Crippen LogP) is 2.31. The lowest BCUT2D eigenvalue weighted by molar-refractivity contribution is 0.0677. The summed E-state index contributed by atoms with van der Waals surface area (Å²) in [6, 6.07) is 1.95. The maximum Gasteiger partial charge on any atom is 0.191 e. The maximum absolute atomic E-state index is 10.5. The third-order valence-corrected chi connectivity index (χ3v) is 4.26. The van der Waals surface area contributed by atoms with Crippen LogP contribution in [0.1, 0.15) is 38.7 Å². The molecule has 0 bridgehead atoms. The third kappa shape index (κ3) is 4.80. The van der Waals surface area contributed by atoms with Crippen LogP contribution in [0.25, 0.3) is 0 Å². The Hall–Kier alpha value is -1.07. The first-order chi connectivity index (χ1) is 9.62. The Kier molecular flexibility index (Phi) is 5.43. The van der Waals surface area contributed by atoms with E-state index < -0.39 is 5.60 Å². The number of aliphatic hydroxyl groups is 1. The molecule has 1 unspecified atom stereocenters. The summed E-state index contributed by atoms with van der Waals surface area (Å²) in [6.45, 7) is 6.01. The van der Waals surface area contributed by atoms with Crippen molar-refractivity contribution in [2.45, 2.75) is 38.7 Å². The first kappa shape index (κ1) is 15.3. The van der Waals surface area contributed by atoms with Gasteiger partial charge >= 0.3 is 0 Å². The quantitative estimate of drug-likeness (QED) is 0.534. The minimum Gasteiger partial charge on any atom is -0.383 e. The molecule has 1 atom stereocenters. The number of hydrogen-bond donors (Lipinski definition) is 3. The Morgan fingerprint density at radius 1 is 1.50 bits per heavy atom. The Morgan fingerprint density at radius 3 is 2.90 bits per heavy atom. The highest BCUT2D eigenvalue weighted by Gasteiger charge is 2.23. The maximum atomic E-state index is 10.5. The lowest BCUT2D eigenvalue weighted by atomic mass is 10.00. The molecule has 1 aromatic rings. The fourth-order valence-electron chi connectivity index (χ4n) is 2.04. The number of nitrogens with one attached hydrogen (secondary N) is 2. The average molecular weight is 295 g/mol. The molecule has 0 amide bonds. The minimum absolute atomic E-state index is 0.364. The van der Waals surface area contributed by atoms with E-state index in [2.05, 4.69) is 22.5 Å². The lowest BCUT2D eigenvalue weighted by Gasteiger charge is -2.21. The van der Waals surface area contributed by atoms with Gasteiger partial charge in [0.15, 0.2) is 5.96 Å². The molecule has 20 heavy (non-hydrogen) atoms. The number of guanidine groups is 1. The summed E-state index contributed by atoms with van der Waals surface area (Å²) >= 11 is 1.60. The van der Waals surface area contributed by atoms with Crippen LogP contribution in [0.2, 0.25) is 0 Å². The van der Waals surface area contributed by atoms with E-state index in [9.17, 15) is 5.11 Å². The lowest BCUT2D eigenvalue weighted by Crippen LogP contribution is -2.39. The van der Waals surface area contributed by atoms with E-state index in [1.807, 2.05) is 23.8 Å². The van der Waals surface area contributed by atoms with Crippen molar-refractivity contribution in [2.24, 2.45) is 10.9 Å². The first-order valence-corrected chi connectivity index (χ1v) is 8.33. The molecule has 0 radical (unpaired) electrons. The van der Waals surface area contributed by atoms with Gasteiger partial charge in [-0.2, -0.15) is 11.3 Å². The summed E-state index contributed by atoms with van der Waals surface area (Å²) in [6.07, 6.45) is 3.97. The van der Waals surface area contributed by atoms with Crippen LogP contribution in [0, 0.1) is 5.92 Å².